The van der Waals surface area contributed by atoms with Crippen LogP contribution in [-0.2, 0) is 23.4 Å². The van der Waals surface area contributed by atoms with Crippen LogP contribution >= 0.6 is 7.75 Å². The van der Waals surface area contributed by atoms with Gasteiger partial charge in [-0.2, -0.15) is 5.09 Å². The monoisotopic (exact) mass is 560 g/mol. The van der Waals surface area contributed by atoms with Crippen molar-refractivity contribution in [1.82, 2.24) is 24.6 Å². The maximum Gasteiger partial charge on any atom is 0.459 e. The predicted molar refractivity (Wildman–Crippen MR) is 146 cm³/mol. The van der Waals surface area contributed by atoms with Crippen LogP contribution in [0.1, 0.15) is 54.2 Å². The zero-order valence-corrected chi connectivity index (χ0v) is 24.0. The molecule has 5 atom stereocenters. The lowest BCUT2D eigenvalue weighted by Crippen LogP contribution is -2.36. The highest BCUT2D eigenvalue weighted by molar-refractivity contribution is 7.52. The van der Waals surface area contributed by atoms with E-state index in [2.05, 4.69) is 32.3 Å². The van der Waals surface area contributed by atoms with Gasteiger partial charge in [0, 0.05) is 12.0 Å². The van der Waals surface area contributed by atoms with E-state index in [1.54, 1.807) is 51.4 Å². The molecule has 0 saturated carbocycles. The number of nitrogens with one attached hydrogen (secondary N) is 2. The SMILES string of the molecule is CC(C)Nc1ncnc2c1ncn2[C@@H]1O[C@H](CO[P@@](=O)(N[C@@H](C)C(=O)OC(C)C)Oc2ccccc2)C[C@@H]1C. The zero-order chi connectivity index (χ0) is 28.2. The minimum Gasteiger partial charge on any atom is -0.462 e. The Hall–Kier alpha value is -3.05. The second-order valence-electron chi connectivity index (χ2n) is 10.2. The van der Waals surface area contributed by atoms with Gasteiger partial charge in [0.25, 0.3) is 0 Å². The molecular weight excluding hydrogens is 523 g/mol. The van der Waals surface area contributed by atoms with Crippen molar-refractivity contribution < 1.29 is 27.9 Å². The molecule has 2 aromatic heterocycles. The summed E-state index contributed by atoms with van der Waals surface area (Å²) in [5, 5.41) is 6.00. The van der Waals surface area contributed by atoms with Crippen LogP contribution in [-0.4, -0.2) is 56.4 Å². The number of anilines is 1. The fraction of sp³-hybridized carbons (Fsp3) is 0.538. The molecule has 1 aliphatic heterocycles. The van der Waals surface area contributed by atoms with Crippen LogP contribution in [0.4, 0.5) is 5.82 Å². The molecule has 1 fully saturated rings. The third-order valence-electron chi connectivity index (χ3n) is 5.97. The molecule has 0 radical (unpaired) electrons. The van der Waals surface area contributed by atoms with E-state index < -0.39 is 19.8 Å². The van der Waals surface area contributed by atoms with Gasteiger partial charge < -0.3 is 19.3 Å². The van der Waals surface area contributed by atoms with Crippen molar-refractivity contribution in [2.24, 2.45) is 5.92 Å². The van der Waals surface area contributed by atoms with Crippen molar-refractivity contribution in [2.45, 2.75) is 78.5 Å². The van der Waals surface area contributed by atoms with E-state index in [0.717, 1.165) is 0 Å². The Bertz CT molecular complexity index is 1300. The number of benzene rings is 1. The van der Waals surface area contributed by atoms with Gasteiger partial charge in [0.1, 0.15) is 24.3 Å². The third kappa shape index (κ3) is 7.33. The number of imidazole rings is 1. The number of carbonyl (C=O) groups is 1. The molecule has 13 heteroatoms. The summed E-state index contributed by atoms with van der Waals surface area (Å²) < 4.78 is 38.8. The molecule has 1 saturated heterocycles. The number of hydrogen-bond acceptors (Lipinski definition) is 10. The van der Waals surface area contributed by atoms with Crippen molar-refractivity contribution in [3.63, 3.8) is 0 Å². The summed E-state index contributed by atoms with van der Waals surface area (Å²) in [7, 11) is -3.98. The lowest BCUT2D eigenvalue weighted by molar-refractivity contribution is -0.149. The van der Waals surface area contributed by atoms with E-state index >= 15 is 0 Å². The molecule has 4 rings (SSSR count). The van der Waals surface area contributed by atoms with E-state index in [-0.39, 0.29) is 37.0 Å². The van der Waals surface area contributed by atoms with E-state index in [0.29, 0.717) is 29.2 Å². The summed E-state index contributed by atoms with van der Waals surface area (Å²) in [6.07, 6.45) is 2.78. The van der Waals surface area contributed by atoms with Crippen LogP contribution in [0.25, 0.3) is 11.2 Å². The molecule has 0 bridgehead atoms. The summed E-state index contributed by atoms with van der Waals surface area (Å²) in [4.78, 5) is 25.7. The summed E-state index contributed by atoms with van der Waals surface area (Å²) in [6, 6.07) is 7.90. The molecule has 1 aromatic carbocycles. The van der Waals surface area contributed by atoms with Crippen molar-refractivity contribution in [3.8, 4) is 5.75 Å². The van der Waals surface area contributed by atoms with E-state index in [1.807, 2.05) is 24.5 Å². The van der Waals surface area contributed by atoms with Crippen molar-refractivity contribution in [3.05, 3.63) is 43.0 Å². The molecule has 0 aliphatic carbocycles. The lowest BCUT2D eigenvalue weighted by atomic mass is 10.1. The van der Waals surface area contributed by atoms with Crippen molar-refractivity contribution in [1.29, 1.82) is 0 Å². The van der Waals surface area contributed by atoms with Gasteiger partial charge in [-0.1, -0.05) is 25.1 Å². The minimum atomic E-state index is -3.98. The Kier molecular flexibility index (Phi) is 9.22. The second kappa shape index (κ2) is 12.4. The van der Waals surface area contributed by atoms with Crippen molar-refractivity contribution in [2.75, 3.05) is 11.9 Å². The predicted octanol–water partition coefficient (Wildman–Crippen LogP) is 4.70. The summed E-state index contributed by atoms with van der Waals surface area (Å²) in [5.74, 6) is 0.535. The molecule has 212 valence electrons. The van der Waals surface area contributed by atoms with E-state index in [1.165, 1.54) is 6.33 Å². The van der Waals surface area contributed by atoms with Crippen LogP contribution in [0.2, 0.25) is 0 Å². The van der Waals surface area contributed by atoms with Crippen LogP contribution in [0.3, 0.4) is 0 Å². The van der Waals surface area contributed by atoms with Gasteiger partial charge in [0.15, 0.2) is 17.0 Å². The largest absolute Gasteiger partial charge is 0.462 e. The van der Waals surface area contributed by atoms with Gasteiger partial charge in [-0.3, -0.25) is 13.9 Å². The second-order valence-corrected chi connectivity index (χ2v) is 11.9. The first-order valence-electron chi connectivity index (χ1n) is 13.1. The van der Waals surface area contributed by atoms with Gasteiger partial charge in [0.2, 0.25) is 0 Å². The number of rotatable bonds is 12. The highest BCUT2D eigenvalue weighted by atomic mass is 31.2. The van der Waals surface area contributed by atoms with Crippen LogP contribution in [0.5, 0.6) is 5.75 Å². The average Bonchev–Trinajstić information content (AvgIpc) is 3.46. The Morgan fingerprint density at radius 1 is 1.15 bits per heavy atom. The van der Waals surface area contributed by atoms with Crippen LogP contribution in [0, 0.1) is 5.92 Å². The first-order valence-corrected chi connectivity index (χ1v) is 14.7. The molecule has 0 spiro atoms. The molecule has 0 amide bonds. The summed E-state index contributed by atoms with van der Waals surface area (Å²) >= 11 is 0. The van der Waals surface area contributed by atoms with Crippen LogP contribution < -0.4 is 14.9 Å². The minimum absolute atomic E-state index is 0.0222. The van der Waals surface area contributed by atoms with E-state index in [4.69, 9.17) is 18.5 Å². The molecular formula is C26H37N6O6P. The number of carbonyl (C=O) groups excluding carboxylic acids is 1. The number of esters is 1. The zero-order valence-electron chi connectivity index (χ0n) is 23.1. The number of nitrogens with zero attached hydrogens (tertiary/aromatic N) is 4. The van der Waals surface area contributed by atoms with Crippen LogP contribution in [0.15, 0.2) is 43.0 Å². The summed E-state index contributed by atoms with van der Waals surface area (Å²) in [5.41, 5.74) is 1.32. The topological polar surface area (TPSA) is 139 Å². The maximum absolute atomic E-state index is 13.8. The number of para-hydroxylation sites is 1. The van der Waals surface area contributed by atoms with Gasteiger partial charge in [0.05, 0.1) is 25.1 Å². The van der Waals surface area contributed by atoms with Gasteiger partial charge in [-0.25, -0.2) is 19.5 Å². The standard InChI is InChI=1S/C26H37N6O6P/c1-16(2)30-23-22-24(28-14-27-23)32(15-29-22)25-18(5)12-21(37-25)13-35-39(34,38-20-10-8-7-9-11-20)31-19(6)26(33)36-17(3)4/h7-11,14-19,21,25H,12-13H2,1-6H3,(H,31,34)(H,27,28,30)/t18-,19-,21-,25+,39-/m0/s1. The molecule has 3 aromatic rings. The summed E-state index contributed by atoms with van der Waals surface area (Å²) in [6.45, 7) is 11.1. The van der Waals surface area contributed by atoms with E-state index in [9.17, 15) is 9.36 Å². The average molecular weight is 561 g/mol. The lowest BCUT2D eigenvalue weighted by Gasteiger charge is -2.24. The van der Waals surface area contributed by atoms with Gasteiger partial charge in [-0.05, 0) is 53.2 Å². The normalized spacial score (nSPS) is 21.7. The number of ether oxygens (including phenoxy) is 2. The van der Waals surface area contributed by atoms with Gasteiger partial charge in [-0.15, -0.1) is 0 Å². The first kappa shape index (κ1) is 28.9. The number of fused-ring (bicyclic) bond motifs is 1. The Balaban J connectivity index is 1.47. The highest BCUT2D eigenvalue weighted by Crippen LogP contribution is 2.46. The number of hydrogen-bond donors (Lipinski definition) is 2. The first-order chi connectivity index (χ1) is 18.5. The number of aromatic nitrogens is 4. The Morgan fingerprint density at radius 2 is 1.90 bits per heavy atom. The third-order valence-corrected chi connectivity index (χ3v) is 7.61. The molecule has 39 heavy (non-hydrogen) atoms. The molecule has 0 unspecified atom stereocenters. The molecule has 12 nitrogen and oxygen atoms in total. The van der Waals surface area contributed by atoms with Gasteiger partial charge >= 0.3 is 13.7 Å². The maximum atomic E-state index is 13.8. The highest BCUT2D eigenvalue weighted by Gasteiger charge is 2.38. The molecule has 2 N–H and O–H groups in total. The Morgan fingerprint density at radius 3 is 2.59 bits per heavy atom. The Labute approximate surface area is 228 Å². The smallest absolute Gasteiger partial charge is 0.459 e. The van der Waals surface area contributed by atoms with Crippen molar-refractivity contribution >= 4 is 30.7 Å². The quantitative estimate of drug-likeness (QED) is 0.235. The molecule has 1 aliphatic rings. The fourth-order valence-corrected chi connectivity index (χ4v) is 5.82. The fourth-order valence-electron chi connectivity index (χ4n) is 4.30. The molecule has 3 heterocycles.